The highest BCUT2D eigenvalue weighted by molar-refractivity contribution is 7.17. The molecule has 0 bridgehead atoms. The van der Waals surface area contributed by atoms with E-state index >= 15 is 0 Å². The van der Waals surface area contributed by atoms with Crippen molar-refractivity contribution in [3.05, 3.63) is 0 Å². The molecule has 0 aromatic carbocycles. The quantitative estimate of drug-likeness (QED) is 0.687. The second kappa shape index (κ2) is 4.04. The minimum absolute atomic E-state index is 0.0803. The van der Waals surface area contributed by atoms with Crippen LogP contribution >= 0.6 is 9.24 Å². The second-order valence-corrected chi connectivity index (χ2v) is 5.40. The molecular formula is C9H22NOP. The Morgan fingerprint density at radius 1 is 1.33 bits per heavy atom. The van der Waals surface area contributed by atoms with Gasteiger partial charge in [-0.2, -0.15) is 0 Å². The van der Waals surface area contributed by atoms with Gasteiger partial charge >= 0.3 is 0 Å². The van der Waals surface area contributed by atoms with Crippen molar-refractivity contribution >= 4 is 9.24 Å². The first-order valence-corrected chi connectivity index (χ1v) is 4.95. The minimum atomic E-state index is -0.152. The third kappa shape index (κ3) is 4.39. The molecule has 2 unspecified atom stereocenters. The van der Waals surface area contributed by atoms with E-state index in [0.717, 1.165) is 6.42 Å². The highest BCUT2D eigenvalue weighted by Crippen LogP contribution is 2.26. The van der Waals surface area contributed by atoms with Crippen LogP contribution in [0.25, 0.3) is 0 Å². The van der Waals surface area contributed by atoms with Crippen LogP contribution in [0.2, 0.25) is 0 Å². The molecule has 0 spiro atoms. The summed E-state index contributed by atoms with van der Waals surface area (Å²) in [5.41, 5.74) is 6.11. The molecule has 0 aliphatic carbocycles. The van der Waals surface area contributed by atoms with Gasteiger partial charge in [0, 0.05) is 12.6 Å². The highest BCUT2D eigenvalue weighted by atomic mass is 31.0. The Kier molecular flexibility index (Phi) is 4.16. The monoisotopic (exact) mass is 191 g/mol. The van der Waals surface area contributed by atoms with E-state index in [9.17, 15) is 0 Å². The first kappa shape index (κ1) is 12.3. The Morgan fingerprint density at radius 2 is 1.75 bits per heavy atom. The first-order valence-electron chi connectivity index (χ1n) is 4.28. The van der Waals surface area contributed by atoms with Gasteiger partial charge in [0.05, 0.1) is 5.60 Å². The minimum Gasteiger partial charge on any atom is -0.379 e. The molecule has 0 saturated heterocycles. The molecule has 12 heavy (non-hydrogen) atoms. The lowest BCUT2D eigenvalue weighted by molar-refractivity contribution is 0.0117. The predicted octanol–water partition coefficient (Wildman–Crippen LogP) is 1.78. The molecule has 74 valence electrons. The molecule has 0 fully saturated rings. The summed E-state index contributed by atoms with van der Waals surface area (Å²) >= 11 is 0. The average Bonchev–Trinajstić information content (AvgIpc) is 1.85. The fraction of sp³-hybridized carbons (Fsp3) is 1.00. The van der Waals surface area contributed by atoms with Crippen molar-refractivity contribution < 1.29 is 4.74 Å². The van der Waals surface area contributed by atoms with Crippen molar-refractivity contribution in [3.63, 3.8) is 0 Å². The third-order valence-electron chi connectivity index (χ3n) is 2.22. The van der Waals surface area contributed by atoms with Crippen LogP contribution in [0.4, 0.5) is 0 Å². The van der Waals surface area contributed by atoms with Crippen molar-refractivity contribution in [3.8, 4) is 0 Å². The number of hydrogen-bond acceptors (Lipinski definition) is 2. The van der Waals surface area contributed by atoms with Gasteiger partial charge in [-0.15, -0.1) is 9.24 Å². The summed E-state index contributed by atoms with van der Waals surface area (Å²) in [4.78, 5) is 0. The zero-order valence-electron chi connectivity index (χ0n) is 8.85. The van der Waals surface area contributed by atoms with Crippen molar-refractivity contribution in [2.24, 2.45) is 5.73 Å². The molecule has 0 saturated carbocycles. The Hall–Kier alpha value is 0.350. The van der Waals surface area contributed by atoms with E-state index in [4.69, 9.17) is 10.5 Å². The Bertz CT molecular complexity index is 140. The fourth-order valence-electron chi connectivity index (χ4n) is 0.876. The van der Waals surface area contributed by atoms with Crippen LogP contribution in [0.1, 0.15) is 34.1 Å². The normalized spacial score (nSPS) is 16.2. The van der Waals surface area contributed by atoms with Gasteiger partial charge in [0.25, 0.3) is 0 Å². The van der Waals surface area contributed by atoms with E-state index in [0.29, 0.717) is 5.66 Å². The molecule has 2 N–H and O–H groups in total. The smallest absolute Gasteiger partial charge is 0.0629 e. The van der Waals surface area contributed by atoms with Crippen LogP contribution in [0.3, 0.4) is 0 Å². The Balaban J connectivity index is 4.09. The van der Waals surface area contributed by atoms with Gasteiger partial charge in [0.2, 0.25) is 0 Å². The summed E-state index contributed by atoms with van der Waals surface area (Å²) in [6.07, 6.45) is 0.956. The van der Waals surface area contributed by atoms with Gasteiger partial charge < -0.3 is 10.5 Å². The largest absolute Gasteiger partial charge is 0.379 e. The standard InChI is InChI=1S/C9H22NOP/c1-8(2,11-5)6-7(12)9(3,4)10/h7H,6,10,12H2,1-5H3. The number of nitrogens with two attached hydrogens (primary N) is 1. The highest BCUT2D eigenvalue weighted by Gasteiger charge is 2.28. The second-order valence-electron chi connectivity index (χ2n) is 4.60. The van der Waals surface area contributed by atoms with E-state index in [1.807, 2.05) is 13.8 Å². The Labute approximate surface area is 78.4 Å². The molecule has 0 aromatic rings. The first-order chi connectivity index (χ1) is 5.19. The summed E-state index contributed by atoms with van der Waals surface area (Å²) in [7, 11) is 4.53. The number of ether oxygens (including phenoxy) is 1. The number of hydrogen-bond donors (Lipinski definition) is 1. The fourth-order valence-corrected chi connectivity index (χ4v) is 1.44. The molecule has 2 nitrogen and oxygen atoms in total. The molecule has 0 amide bonds. The molecule has 3 heteroatoms. The lowest BCUT2D eigenvalue weighted by Gasteiger charge is -2.33. The lowest BCUT2D eigenvalue weighted by atomic mass is 9.91. The maximum absolute atomic E-state index is 5.96. The van der Waals surface area contributed by atoms with E-state index < -0.39 is 0 Å². The van der Waals surface area contributed by atoms with Gasteiger partial charge in [0.1, 0.15) is 0 Å². The van der Waals surface area contributed by atoms with Crippen molar-refractivity contribution in [1.82, 2.24) is 0 Å². The van der Waals surface area contributed by atoms with Gasteiger partial charge in [0.15, 0.2) is 0 Å². The third-order valence-corrected chi connectivity index (χ3v) is 3.31. The summed E-state index contributed by atoms with van der Waals surface area (Å²) in [5, 5.41) is 0. The van der Waals surface area contributed by atoms with Gasteiger partial charge in [-0.25, -0.2) is 0 Å². The van der Waals surface area contributed by atoms with E-state index in [1.54, 1.807) is 7.11 Å². The average molecular weight is 191 g/mol. The van der Waals surface area contributed by atoms with Gasteiger partial charge in [-0.05, 0) is 39.8 Å². The molecule has 2 atom stereocenters. The number of methoxy groups -OCH3 is 1. The number of rotatable bonds is 4. The maximum atomic E-state index is 5.96. The van der Waals surface area contributed by atoms with Crippen molar-refractivity contribution in [2.45, 2.75) is 50.9 Å². The zero-order chi connectivity index (χ0) is 9.99. The van der Waals surface area contributed by atoms with Crippen LogP contribution in [-0.2, 0) is 4.74 Å². The molecule has 0 radical (unpaired) electrons. The molecule has 0 aromatic heterocycles. The van der Waals surface area contributed by atoms with E-state index in [2.05, 4.69) is 23.1 Å². The molecule has 0 aliphatic rings. The Morgan fingerprint density at radius 3 is 2.00 bits per heavy atom. The van der Waals surface area contributed by atoms with Gasteiger partial charge in [-0.1, -0.05) is 0 Å². The van der Waals surface area contributed by atoms with Crippen molar-refractivity contribution in [1.29, 1.82) is 0 Å². The summed E-state index contributed by atoms with van der Waals surface area (Å²) in [5.74, 6) is 0. The van der Waals surface area contributed by atoms with Crippen LogP contribution in [0, 0.1) is 0 Å². The lowest BCUT2D eigenvalue weighted by Crippen LogP contribution is -2.45. The van der Waals surface area contributed by atoms with Crippen molar-refractivity contribution in [2.75, 3.05) is 7.11 Å². The van der Waals surface area contributed by atoms with Gasteiger partial charge in [-0.3, -0.25) is 0 Å². The molecule has 0 heterocycles. The van der Waals surface area contributed by atoms with Crippen LogP contribution in [0.15, 0.2) is 0 Å². The van der Waals surface area contributed by atoms with E-state index in [-0.39, 0.29) is 11.1 Å². The van der Waals surface area contributed by atoms with E-state index in [1.165, 1.54) is 0 Å². The molecular weight excluding hydrogens is 169 g/mol. The maximum Gasteiger partial charge on any atom is 0.0629 e. The zero-order valence-corrected chi connectivity index (χ0v) is 10.0. The van der Waals surface area contributed by atoms with Crippen LogP contribution < -0.4 is 5.73 Å². The summed E-state index contributed by atoms with van der Waals surface area (Å²) < 4.78 is 5.33. The topological polar surface area (TPSA) is 35.2 Å². The molecule has 0 aliphatic heterocycles. The van der Waals surface area contributed by atoms with Crippen LogP contribution in [-0.4, -0.2) is 23.9 Å². The van der Waals surface area contributed by atoms with Crippen LogP contribution in [0.5, 0.6) is 0 Å². The summed E-state index contributed by atoms with van der Waals surface area (Å²) in [6, 6.07) is 0. The SMILES string of the molecule is COC(C)(C)CC(P)C(C)(C)N. The molecule has 0 rings (SSSR count). The summed E-state index contributed by atoms with van der Waals surface area (Å²) in [6.45, 7) is 8.23. The predicted molar refractivity (Wildman–Crippen MR) is 57.5 cm³/mol.